The van der Waals surface area contributed by atoms with Crippen molar-refractivity contribution < 1.29 is 38.7 Å². The number of epoxide rings is 1. The lowest BCUT2D eigenvalue weighted by molar-refractivity contribution is -0.157. The lowest BCUT2D eigenvalue weighted by atomic mass is 9.88. The summed E-state index contributed by atoms with van der Waals surface area (Å²) in [5, 5.41) is 21.4. The second kappa shape index (κ2) is 17.2. The summed E-state index contributed by atoms with van der Waals surface area (Å²) in [5.41, 5.74) is 0.488. The van der Waals surface area contributed by atoms with Crippen LogP contribution in [0.5, 0.6) is 0 Å². The molecule has 3 heterocycles. The second-order valence-electron chi connectivity index (χ2n) is 13.1. The molecule has 10 atom stereocenters. The van der Waals surface area contributed by atoms with Gasteiger partial charge in [-0.2, -0.15) is 0 Å². The average Bonchev–Trinajstić information content (AvgIpc) is 3.75. The van der Waals surface area contributed by atoms with Crippen LogP contribution in [0.15, 0.2) is 60.5 Å². The van der Waals surface area contributed by atoms with E-state index in [1.165, 1.54) is 6.92 Å². The van der Waals surface area contributed by atoms with Crippen LogP contribution in [0.2, 0.25) is 0 Å². The molecule has 3 rings (SSSR count). The molecule has 0 spiro atoms. The number of carbonyl (C=O) groups excluding carboxylic acids is 2. The summed E-state index contributed by atoms with van der Waals surface area (Å²) in [4.78, 5) is 28.6. The van der Waals surface area contributed by atoms with Gasteiger partial charge in [0, 0.05) is 31.2 Å². The number of esters is 2. The molecule has 0 saturated carbocycles. The largest absolute Gasteiger partial charge is 0.457 e. The van der Waals surface area contributed by atoms with E-state index in [2.05, 4.69) is 31.8 Å². The fourth-order valence-corrected chi connectivity index (χ4v) is 5.91. The Hall–Kier alpha value is -2.85. The normalized spacial score (nSPS) is 32.5. The number of aliphatic hydroxyl groups excluding tert-OH is 1. The third kappa shape index (κ3) is 11.8. The van der Waals surface area contributed by atoms with Crippen LogP contribution < -0.4 is 0 Å². The summed E-state index contributed by atoms with van der Waals surface area (Å²) in [5.74, 6) is -0.750. The number of carbonyl (C=O) groups is 2. The van der Waals surface area contributed by atoms with E-state index in [1.54, 1.807) is 25.3 Å². The molecule has 9 heteroatoms. The highest BCUT2D eigenvalue weighted by atomic mass is 16.6. The van der Waals surface area contributed by atoms with E-state index in [4.69, 9.17) is 18.9 Å². The van der Waals surface area contributed by atoms with Crippen molar-refractivity contribution in [3.8, 4) is 0 Å². The van der Waals surface area contributed by atoms with Crippen LogP contribution >= 0.6 is 0 Å². The van der Waals surface area contributed by atoms with Crippen molar-refractivity contribution in [3.05, 3.63) is 66.0 Å². The van der Waals surface area contributed by atoms with Gasteiger partial charge in [-0.1, -0.05) is 58.1 Å². The number of hydrogen-bond acceptors (Lipinski definition) is 9. The number of aromatic nitrogens is 1. The second-order valence-corrected chi connectivity index (χ2v) is 13.1. The monoisotopic (exact) mass is 627 g/mol. The molecule has 0 amide bonds. The van der Waals surface area contributed by atoms with Gasteiger partial charge < -0.3 is 29.2 Å². The standard InChI is InChI=1S/C36H53NO8/c1-8-30(42-22-28-13-10-18-37-21-28)26(5)35-31(44-35)19-23(2)11-9-12-24(3)34-25(4)14-15-32(43-27(6)38)36(7,41)17-16-29(39)20-33(40)45-34/h9-15,18,21,23,25-26,29-32,34-35,39,41H,8,16-17,19-20,22H2,1-7H3/b11-9+,15-14+,24-12+. The number of pyridine rings is 1. The fraction of sp³-hybridized carbons (Fsp3) is 0.639. The first-order valence-electron chi connectivity index (χ1n) is 16.3. The zero-order valence-electron chi connectivity index (χ0n) is 27.9. The summed E-state index contributed by atoms with van der Waals surface area (Å²) in [6.07, 6.45) is 13.0. The molecule has 250 valence electrons. The number of hydrogen-bond donors (Lipinski definition) is 2. The maximum atomic E-state index is 12.7. The van der Waals surface area contributed by atoms with Gasteiger partial charge in [0.05, 0.1) is 37.4 Å². The SMILES string of the molecule is CCC(OCc1cccnc1)C(C)C1OC1CC(C)/C=C/C=C(\C)C1OC(=O)CC(O)CCC(C)(O)C(OC(C)=O)/C=C/C1C. The number of rotatable bonds is 12. The van der Waals surface area contributed by atoms with Crippen LogP contribution in [0.25, 0.3) is 0 Å². The van der Waals surface area contributed by atoms with Crippen LogP contribution in [-0.4, -0.2) is 69.4 Å². The molecule has 1 fully saturated rings. The number of cyclic esters (lactones) is 1. The summed E-state index contributed by atoms with van der Waals surface area (Å²) in [7, 11) is 0. The summed E-state index contributed by atoms with van der Waals surface area (Å²) in [6, 6.07) is 3.94. The third-order valence-corrected chi connectivity index (χ3v) is 8.78. The molecular formula is C36H53NO8. The Labute approximate surface area is 268 Å². The minimum Gasteiger partial charge on any atom is -0.457 e. The molecule has 0 aromatic carbocycles. The van der Waals surface area contributed by atoms with Gasteiger partial charge in [-0.15, -0.1) is 0 Å². The van der Waals surface area contributed by atoms with Crippen LogP contribution in [0.1, 0.15) is 86.1 Å². The minimum atomic E-state index is -1.41. The quantitative estimate of drug-likeness (QED) is 0.131. The molecule has 10 unspecified atom stereocenters. The molecule has 1 aromatic rings. The Kier molecular flexibility index (Phi) is 14.0. The molecule has 2 aliphatic heterocycles. The van der Waals surface area contributed by atoms with Crippen molar-refractivity contribution in [1.82, 2.24) is 4.98 Å². The highest BCUT2D eigenvalue weighted by Gasteiger charge is 2.45. The summed E-state index contributed by atoms with van der Waals surface area (Å²) < 4.78 is 23.5. The molecule has 1 saturated heterocycles. The fourth-order valence-electron chi connectivity index (χ4n) is 5.91. The van der Waals surface area contributed by atoms with Crippen molar-refractivity contribution in [2.24, 2.45) is 17.8 Å². The molecule has 2 aliphatic rings. The minimum absolute atomic E-state index is 0.109. The van der Waals surface area contributed by atoms with E-state index in [0.29, 0.717) is 6.61 Å². The number of aliphatic hydroxyl groups is 2. The average molecular weight is 628 g/mol. The van der Waals surface area contributed by atoms with E-state index in [0.717, 1.165) is 24.0 Å². The van der Waals surface area contributed by atoms with Gasteiger partial charge in [-0.25, -0.2) is 0 Å². The predicted molar refractivity (Wildman–Crippen MR) is 172 cm³/mol. The van der Waals surface area contributed by atoms with Crippen LogP contribution in [-0.2, 0) is 35.1 Å². The molecule has 1 aromatic heterocycles. The highest BCUT2D eigenvalue weighted by molar-refractivity contribution is 5.70. The van der Waals surface area contributed by atoms with Gasteiger partial charge in [-0.05, 0) is 68.7 Å². The van der Waals surface area contributed by atoms with Crippen molar-refractivity contribution in [3.63, 3.8) is 0 Å². The number of allylic oxidation sites excluding steroid dienone is 3. The van der Waals surface area contributed by atoms with Crippen molar-refractivity contribution in [2.75, 3.05) is 0 Å². The van der Waals surface area contributed by atoms with E-state index in [1.807, 2.05) is 44.3 Å². The molecule has 0 aliphatic carbocycles. The molecule has 45 heavy (non-hydrogen) atoms. The highest BCUT2D eigenvalue weighted by Crippen LogP contribution is 2.37. The first kappa shape index (κ1) is 36.6. The zero-order chi connectivity index (χ0) is 33.1. The Bertz CT molecular complexity index is 1180. The van der Waals surface area contributed by atoms with Crippen molar-refractivity contribution in [2.45, 2.75) is 129 Å². The van der Waals surface area contributed by atoms with Crippen LogP contribution in [0, 0.1) is 17.8 Å². The molecule has 9 nitrogen and oxygen atoms in total. The Morgan fingerprint density at radius 2 is 2.02 bits per heavy atom. The van der Waals surface area contributed by atoms with E-state index in [-0.39, 0.29) is 55.3 Å². The van der Waals surface area contributed by atoms with Crippen molar-refractivity contribution >= 4 is 11.9 Å². The van der Waals surface area contributed by atoms with E-state index >= 15 is 0 Å². The lowest BCUT2D eigenvalue weighted by Gasteiger charge is -2.32. The Balaban J connectivity index is 1.60. The van der Waals surface area contributed by atoms with Crippen LogP contribution in [0.4, 0.5) is 0 Å². The zero-order valence-corrected chi connectivity index (χ0v) is 27.9. The molecule has 2 N–H and O–H groups in total. The first-order valence-corrected chi connectivity index (χ1v) is 16.3. The summed E-state index contributed by atoms with van der Waals surface area (Å²) in [6.45, 7) is 13.7. The van der Waals surface area contributed by atoms with E-state index < -0.39 is 35.9 Å². The third-order valence-electron chi connectivity index (χ3n) is 8.78. The van der Waals surface area contributed by atoms with E-state index in [9.17, 15) is 19.8 Å². The lowest BCUT2D eigenvalue weighted by Crippen LogP contribution is -2.42. The number of ether oxygens (including phenoxy) is 4. The molecular weight excluding hydrogens is 574 g/mol. The maximum absolute atomic E-state index is 12.7. The Morgan fingerprint density at radius 1 is 1.27 bits per heavy atom. The van der Waals surface area contributed by atoms with Crippen molar-refractivity contribution in [1.29, 1.82) is 0 Å². The summed E-state index contributed by atoms with van der Waals surface area (Å²) >= 11 is 0. The predicted octanol–water partition coefficient (Wildman–Crippen LogP) is 5.64. The maximum Gasteiger partial charge on any atom is 0.309 e. The van der Waals surface area contributed by atoms with Gasteiger partial charge in [0.15, 0.2) is 0 Å². The van der Waals surface area contributed by atoms with Gasteiger partial charge in [0.2, 0.25) is 0 Å². The first-order chi connectivity index (χ1) is 21.3. The van der Waals surface area contributed by atoms with Crippen LogP contribution in [0.3, 0.4) is 0 Å². The van der Waals surface area contributed by atoms with Gasteiger partial charge in [0.25, 0.3) is 0 Å². The van der Waals surface area contributed by atoms with Gasteiger partial charge in [0.1, 0.15) is 17.8 Å². The topological polar surface area (TPSA) is 128 Å². The van der Waals surface area contributed by atoms with Gasteiger partial charge >= 0.3 is 11.9 Å². The Morgan fingerprint density at radius 3 is 2.69 bits per heavy atom. The molecule has 0 radical (unpaired) electrons. The van der Waals surface area contributed by atoms with Gasteiger partial charge in [-0.3, -0.25) is 14.6 Å². The smallest absolute Gasteiger partial charge is 0.309 e. The molecule has 0 bridgehead atoms. The number of nitrogens with zero attached hydrogens (tertiary/aromatic N) is 1.